The zero-order chi connectivity index (χ0) is 15.0. The first kappa shape index (κ1) is 14.3. The molecule has 1 N–H and O–H groups in total. The summed E-state index contributed by atoms with van der Waals surface area (Å²) in [5.74, 6) is 2.11. The highest BCUT2D eigenvalue weighted by Crippen LogP contribution is 2.33. The van der Waals surface area contributed by atoms with Crippen LogP contribution in [0.15, 0.2) is 12.4 Å². The van der Waals surface area contributed by atoms with E-state index >= 15 is 0 Å². The highest BCUT2D eigenvalue weighted by Gasteiger charge is 2.35. The standard InChI is InChI=1S/C15H23N5O/c1-10-11(2)18-15(17-10)13-7-12(21-4)8-20(13)9-14-16-5-6-19(14)3/h5-6,12-13H,7-9H2,1-4H3,(H,17,18)/t12-,13+/m1/s1. The molecule has 21 heavy (non-hydrogen) atoms. The predicted octanol–water partition coefficient (Wildman–Crippen LogP) is 1.72. The number of aromatic amines is 1. The Hall–Kier alpha value is -1.66. The lowest BCUT2D eigenvalue weighted by Crippen LogP contribution is -2.26. The fourth-order valence-electron chi connectivity index (χ4n) is 2.95. The van der Waals surface area contributed by atoms with Gasteiger partial charge in [-0.3, -0.25) is 4.90 Å². The summed E-state index contributed by atoms with van der Waals surface area (Å²) in [5, 5.41) is 0. The third-order valence-corrected chi connectivity index (χ3v) is 4.43. The summed E-state index contributed by atoms with van der Waals surface area (Å²) in [5.41, 5.74) is 2.21. The molecule has 6 nitrogen and oxygen atoms in total. The van der Waals surface area contributed by atoms with Crippen LogP contribution in [-0.4, -0.2) is 44.2 Å². The minimum absolute atomic E-state index is 0.251. The highest BCUT2D eigenvalue weighted by atomic mass is 16.5. The van der Waals surface area contributed by atoms with Crippen molar-refractivity contribution in [3.05, 3.63) is 35.4 Å². The van der Waals surface area contributed by atoms with Crippen molar-refractivity contribution in [1.29, 1.82) is 0 Å². The van der Waals surface area contributed by atoms with Crippen LogP contribution >= 0.6 is 0 Å². The van der Waals surface area contributed by atoms with E-state index in [1.165, 1.54) is 0 Å². The fraction of sp³-hybridized carbons (Fsp3) is 0.600. The van der Waals surface area contributed by atoms with Crippen LogP contribution in [0.3, 0.4) is 0 Å². The molecule has 0 unspecified atom stereocenters. The second kappa shape index (κ2) is 5.61. The Balaban J connectivity index is 1.84. The number of hydrogen-bond donors (Lipinski definition) is 1. The molecule has 0 saturated carbocycles. The van der Waals surface area contributed by atoms with Crippen molar-refractivity contribution in [3.63, 3.8) is 0 Å². The second-order valence-corrected chi connectivity index (χ2v) is 5.83. The van der Waals surface area contributed by atoms with E-state index in [0.29, 0.717) is 0 Å². The molecule has 0 spiro atoms. The normalized spacial score (nSPS) is 23.0. The smallest absolute Gasteiger partial charge is 0.124 e. The van der Waals surface area contributed by atoms with Gasteiger partial charge in [0.2, 0.25) is 0 Å². The summed E-state index contributed by atoms with van der Waals surface area (Å²) in [6.45, 7) is 5.83. The van der Waals surface area contributed by atoms with Gasteiger partial charge >= 0.3 is 0 Å². The first-order valence-electron chi connectivity index (χ1n) is 7.34. The van der Waals surface area contributed by atoms with Crippen LogP contribution in [0.2, 0.25) is 0 Å². The van der Waals surface area contributed by atoms with Crippen LogP contribution in [-0.2, 0) is 18.3 Å². The lowest BCUT2D eigenvalue weighted by Gasteiger charge is -2.22. The van der Waals surface area contributed by atoms with E-state index in [9.17, 15) is 0 Å². The Morgan fingerprint density at radius 3 is 2.81 bits per heavy atom. The van der Waals surface area contributed by atoms with Gasteiger partial charge in [-0.2, -0.15) is 0 Å². The lowest BCUT2D eigenvalue weighted by atomic mass is 10.2. The molecule has 0 bridgehead atoms. The highest BCUT2D eigenvalue weighted by molar-refractivity contribution is 5.14. The van der Waals surface area contributed by atoms with Gasteiger partial charge < -0.3 is 14.3 Å². The van der Waals surface area contributed by atoms with E-state index in [0.717, 1.165) is 42.5 Å². The first-order chi connectivity index (χ1) is 10.1. The molecular formula is C15H23N5O. The van der Waals surface area contributed by atoms with Gasteiger partial charge in [0.15, 0.2) is 0 Å². The second-order valence-electron chi connectivity index (χ2n) is 5.83. The summed E-state index contributed by atoms with van der Waals surface area (Å²) in [7, 11) is 3.81. The topological polar surface area (TPSA) is 59.0 Å². The molecule has 2 aromatic rings. The van der Waals surface area contributed by atoms with E-state index in [4.69, 9.17) is 4.74 Å². The fourth-order valence-corrected chi connectivity index (χ4v) is 2.95. The van der Waals surface area contributed by atoms with Gasteiger partial charge in [0.05, 0.1) is 24.4 Å². The van der Waals surface area contributed by atoms with Crippen molar-refractivity contribution < 1.29 is 4.74 Å². The molecule has 0 amide bonds. The largest absolute Gasteiger partial charge is 0.380 e. The zero-order valence-electron chi connectivity index (χ0n) is 13.1. The maximum atomic E-state index is 5.57. The van der Waals surface area contributed by atoms with E-state index in [2.05, 4.69) is 31.3 Å². The van der Waals surface area contributed by atoms with Gasteiger partial charge in [0.25, 0.3) is 0 Å². The van der Waals surface area contributed by atoms with Crippen molar-refractivity contribution in [2.45, 2.75) is 39.0 Å². The van der Waals surface area contributed by atoms with E-state index in [1.807, 2.05) is 26.4 Å². The average molecular weight is 289 g/mol. The van der Waals surface area contributed by atoms with Crippen molar-refractivity contribution in [3.8, 4) is 0 Å². The molecule has 1 fully saturated rings. The molecule has 3 rings (SSSR count). The molecule has 0 aromatic carbocycles. The van der Waals surface area contributed by atoms with Crippen LogP contribution in [0.1, 0.15) is 35.5 Å². The molecule has 2 atom stereocenters. The molecule has 1 aliphatic rings. The third-order valence-electron chi connectivity index (χ3n) is 4.43. The molecule has 0 radical (unpaired) electrons. The van der Waals surface area contributed by atoms with Gasteiger partial charge in [-0.15, -0.1) is 0 Å². The van der Waals surface area contributed by atoms with Crippen LogP contribution in [0, 0.1) is 13.8 Å². The Morgan fingerprint density at radius 2 is 2.24 bits per heavy atom. The molecule has 1 saturated heterocycles. The van der Waals surface area contributed by atoms with Crippen LogP contribution in [0.5, 0.6) is 0 Å². The number of aromatic nitrogens is 4. The Bertz CT molecular complexity index is 598. The predicted molar refractivity (Wildman–Crippen MR) is 79.8 cm³/mol. The summed E-state index contributed by atoms with van der Waals surface area (Å²) in [4.78, 5) is 14.9. The number of aryl methyl sites for hydroxylation is 3. The number of nitrogens with zero attached hydrogens (tertiary/aromatic N) is 4. The van der Waals surface area contributed by atoms with Crippen molar-refractivity contribution >= 4 is 0 Å². The summed E-state index contributed by atoms with van der Waals surface area (Å²) in [6.07, 6.45) is 5.04. The van der Waals surface area contributed by atoms with Gasteiger partial charge in [0.1, 0.15) is 11.6 Å². The first-order valence-corrected chi connectivity index (χ1v) is 7.34. The number of likely N-dealkylation sites (tertiary alicyclic amines) is 1. The monoisotopic (exact) mass is 289 g/mol. The number of imidazole rings is 2. The number of hydrogen-bond acceptors (Lipinski definition) is 4. The van der Waals surface area contributed by atoms with Crippen molar-refractivity contribution in [1.82, 2.24) is 24.4 Å². The number of nitrogens with one attached hydrogen (secondary N) is 1. The van der Waals surface area contributed by atoms with Gasteiger partial charge in [0, 0.05) is 38.8 Å². The minimum Gasteiger partial charge on any atom is -0.380 e. The van der Waals surface area contributed by atoms with Gasteiger partial charge in [-0.25, -0.2) is 9.97 Å². The van der Waals surface area contributed by atoms with E-state index < -0.39 is 0 Å². The van der Waals surface area contributed by atoms with Crippen LogP contribution < -0.4 is 0 Å². The summed E-state index contributed by atoms with van der Waals surface area (Å²) >= 11 is 0. The maximum Gasteiger partial charge on any atom is 0.124 e. The molecule has 6 heteroatoms. The molecule has 1 aliphatic heterocycles. The van der Waals surface area contributed by atoms with Gasteiger partial charge in [-0.1, -0.05) is 0 Å². The van der Waals surface area contributed by atoms with Crippen molar-refractivity contribution in [2.24, 2.45) is 7.05 Å². The Labute approximate surface area is 125 Å². The maximum absolute atomic E-state index is 5.57. The van der Waals surface area contributed by atoms with Crippen LogP contribution in [0.4, 0.5) is 0 Å². The molecule has 0 aliphatic carbocycles. The van der Waals surface area contributed by atoms with E-state index in [1.54, 1.807) is 7.11 Å². The summed E-state index contributed by atoms with van der Waals surface area (Å²) < 4.78 is 7.63. The number of H-pyrrole nitrogens is 1. The molecule has 2 aromatic heterocycles. The Kier molecular flexibility index (Phi) is 3.82. The third kappa shape index (κ3) is 2.73. The number of methoxy groups -OCH3 is 1. The zero-order valence-corrected chi connectivity index (χ0v) is 13.1. The van der Waals surface area contributed by atoms with Gasteiger partial charge in [-0.05, 0) is 20.3 Å². The SMILES string of the molecule is CO[C@@H]1C[C@@H](c2nc(C)c(C)[nH]2)N(Cc2nccn2C)C1. The average Bonchev–Trinajstić information content (AvgIpc) is 3.13. The Morgan fingerprint density at radius 1 is 1.43 bits per heavy atom. The molecular weight excluding hydrogens is 266 g/mol. The number of ether oxygens (including phenoxy) is 1. The minimum atomic E-state index is 0.251. The van der Waals surface area contributed by atoms with Crippen LogP contribution in [0.25, 0.3) is 0 Å². The van der Waals surface area contributed by atoms with Crippen molar-refractivity contribution in [2.75, 3.05) is 13.7 Å². The molecule has 3 heterocycles. The lowest BCUT2D eigenvalue weighted by molar-refractivity contribution is 0.106. The van der Waals surface area contributed by atoms with E-state index in [-0.39, 0.29) is 12.1 Å². The number of rotatable bonds is 4. The summed E-state index contributed by atoms with van der Waals surface area (Å²) in [6, 6.07) is 0.263. The quantitative estimate of drug-likeness (QED) is 0.931. The molecule has 114 valence electrons.